The van der Waals surface area contributed by atoms with Crippen molar-refractivity contribution in [1.29, 1.82) is 0 Å². The molecule has 3 amide bonds. The van der Waals surface area contributed by atoms with E-state index in [1.165, 1.54) is 0 Å². The Labute approximate surface area is 142 Å². The van der Waals surface area contributed by atoms with Gasteiger partial charge >= 0.3 is 6.03 Å². The number of rotatable bonds is 5. The highest BCUT2D eigenvalue weighted by molar-refractivity contribution is 5.92. The maximum absolute atomic E-state index is 12.3. The Morgan fingerprint density at radius 1 is 1.33 bits per heavy atom. The number of likely N-dealkylation sites (tertiary alicyclic amines) is 1. The zero-order valence-electron chi connectivity index (χ0n) is 14.0. The number of piperidine rings is 1. The molecule has 0 aromatic heterocycles. The van der Waals surface area contributed by atoms with Crippen LogP contribution in [0.4, 0.5) is 16.2 Å². The molecular weight excluding hydrogens is 308 g/mol. The number of urea groups is 1. The van der Waals surface area contributed by atoms with Crippen molar-refractivity contribution < 1.29 is 14.8 Å². The average molecular weight is 334 g/mol. The van der Waals surface area contributed by atoms with Gasteiger partial charge in [-0.15, -0.1) is 0 Å². The van der Waals surface area contributed by atoms with Crippen LogP contribution in [0.15, 0.2) is 18.2 Å². The first-order valence-corrected chi connectivity index (χ1v) is 8.34. The Kier molecular flexibility index (Phi) is 6.43. The SMILES string of the molecule is Cc1ccc(NC(=O)N2CCC(CCCC(=O)NO)CC2)c(N)c1. The first kappa shape index (κ1) is 18.1. The molecule has 2 rings (SSSR count). The number of nitrogen functional groups attached to an aromatic ring is 1. The molecule has 1 fully saturated rings. The number of nitrogens with zero attached hydrogens (tertiary/aromatic N) is 1. The fourth-order valence-corrected chi connectivity index (χ4v) is 3.02. The van der Waals surface area contributed by atoms with Crippen molar-refractivity contribution in [2.45, 2.75) is 39.0 Å². The van der Waals surface area contributed by atoms with E-state index in [-0.39, 0.29) is 11.9 Å². The maximum Gasteiger partial charge on any atom is 0.321 e. The second-order valence-electron chi connectivity index (χ2n) is 6.38. The molecule has 0 radical (unpaired) electrons. The molecule has 132 valence electrons. The van der Waals surface area contributed by atoms with Crippen molar-refractivity contribution in [3.05, 3.63) is 23.8 Å². The third kappa shape index (κ3) is 5.13. The summed E-state index contributed by atoms with van der Waals surface area (Å²) in [6.07, 6.45) is 3.88. The molecule has 1 aromatic carbocycles. The zero-order chi connectivity index (χ0) is 17.5. The lowest BCUT2D eigenvalue weighted by atomic mass is 9.91. The number of benzene rings is 1. The smallest absolute Gasteiger partial charge is 0.321 e. The minimum Gasteiger partial charge on any atom is -0.397 e. The standard InChI is InChI=1S/C17H26N4O3/c1-12-5-6-15(14(18)11-12)19-17(23)21-9-7-13(8-10-21)3-2-4-16(22)20-24/h5-6,11,13,24H,2-4,7-10,18H2,1H3,(H,19,23)(H,20,22). The minimum atomic E-state index is -0.345. The van der Waals surface area contributed by atoms with Gasteiger partial charge in [0.1, 0.15) is 0 Å². The second kappa shape index (κ2) is 8.54. The fourth-order valence-electron chi connectivity index (χ4n) is 3.02. The van der Waals surface area contributed by atoms with Crippen LogP contribution < -0.4 is 16.5 Å². The Morgan fingerprint density at radius 2 is 2.04 bits per heavy atom. The van der Waals surface area contributed by atoms with Crippen molar-refractivity contribution in [2.24, 2.45) is 5.92 Å². The molecule has 24 heavy (non-hydrogen) atoms. The molecular formula is C17H26N4O3. The normalized spacial score (nSPS) is 15.2. The van der Waals surface area contributed by atoms with Crippen molar-refractivity contribution in [3.8, 4) is 0 Å². The van der Waals surface area contributed by atoms with E-state index in [1.54, 1.807) is 10.4 Å². The van der Waals surface area contributed by atoms with E-state index in [4.69, 9.17) is 10.9 Å². The summed E-state index contributed by atoms with van der Waals surface area (Å²) < 4.78 is 0. The summed E-state index contributed by atoms with van der Waals surface area (Å²) in [5, 5.41) is 11.3. The van der Waals surface area contributed by atoms with Crippen LogP contribution in [0.1, 0.15) is 37.7 Å². The monoisotopic (exact) mass is 334 g/mol. The third-order valence-electron chi connectivity index (χ3n) is 4.49. The van der Waals surface area contributed by atoms with Gasteiger partial charge in [0.2, 0.25) is 5.91 Å². The van der Waals surface area contributed by atoms with Crippen LogP contribution in [0.25, 0.3) is 0 Å². The van der Waals surface area contributed by atoms with E-state index in [0.717, 1.165) is 31.2 Å². The van der Waals surface area contributed by atoms with E-state index < -0.39 is 0 Å². The molecule has 1 saturated heterocycles. The Morgan fingerprint density at radius 3 is 2.67 bits per heavy atom. The summed E-state index contributed by atoms with van der Waals surface area (Å²) in [5.74, 6) is 0.174. The first-order chi connectivity index (χ1) is 11.5. The van der Waals surface area contributed by atoms with Crippen LogP contribution in [-0.2, 0) is 4.79 Å². The Balaban J connectivity index is 1.75. The molecule has 1 aromatic rings. The number of carbonyl (C=O) groups excluding carboxylic acids is 2. The number of aryl methyl sites for hydroxylation is 1. The molecule has 5 N–H and O–H groups in total. The van der Waals surface area contributed by atoms with E-state index in [0.29, 0.717) is 36.8 Å². The topological polar surface area (TPSA) is 108 Å². The van der Waals surface area contributed by atoms with Crippen LogP contribution in [0.2, 0.25) is 0 Å². The van der Waals surface area contributed by atoms with Crippen molar-refractivity contribution in [3.63, 3.8) is 0 Å². The Hall–Kier alpha value is -2.28. The first-order valence-electron chi connectivity index (χ1n) is 8.34. The highest BCUT2D eigenvalue weighted by Crippen LogP contribution is 2.24. The van der Waals surface area contributed by atoms with Gasteiger partial charge in [-0.05, 0) is 56.2 Å². The molecule has 7 heteroatoms. The minimum absolute atomic E-state index is 0.122. The summed E-state index contributed by atoms with van der Waals surface area (Å²) in [5.41, 5.74) is 9.84. The van der Waals surface area contributed by atoms with Crippen molar-refractivity contribution >= 4 is 23.3 Å². The number of nitrogens with one attached hydrogen (secondary N) is 2. The highest BCUT2D eigenvalue weighted by atomic mass is 16.5. The number of carbonyl (C=O) groups is 2. The van der Waals surface area contributed by atoms with Crippen LogP contribution in [0.3, 0.4) is 0 Å². The lowest BCUT2D eigenvalue weighted by Crippen LogP contribution is -2.41. The lowest BCUT2D eigenvalue weighted by Gasteiger charge is -2.32. The number of hydroxylamine groups is 1. The average Bonchev–Trinajstić information content (AvgIpc) is 2.57. The third-order valence-corrected chi connectivity index (χ3v) is 4.49. The van der Waals surface area contributed by atoms with Gasteiger partial charge in [-0.2, -0.15) is 0 Å². The molecule has 0 aliphatic carbocycles. The molecule has 1 aliphatic heterocycles. The highest BCUT2D eigenvalue weighted by Gasteiger charge is 2.23. The van der Waals surface area contributed by atoms with E-state index in [2.05, 4.69) is 5.32 Å². The van der Waals surface area contributed by atoms with E-state index in [1.807, 2.05) is 25.1 Å². The molecule has 1 heterocycles. The number of hydrogen-bond acceptors (Lipinski definition) is 4. The molecule has 0 bridgehead atoms. The molecule has 1 aliphatic rings. The summed E-state index contributed by atoms with van der Waals surface area (Å²) in [7, 11) is 0. The maximum atomic E-state index is 12.3. The molecule has 0 atom stereocenters. The fraction of sp³-hybridized carbons (Fsp3) is 0.529. The number of hydrogen-bond donors (Lipinski definition) is 4. The van der Waals surface area contributed by atoms with Crippen molar-refractivity contribution in [2.75, 3.05) is 24.1 Å². The number of amides is 3. The predicted octanol–water partition coefficient (Wildman–Crippen LogP) is 2.50. The van der Waals surface area contributed by atoms with Gasteiger partial charge in [0.05, 0.1) is 11.4 Å². The molecule has 0 unspecified atom stereocenters. The van der Waals surface area contributed by atoms with Gasteiger partial charge in [-0.1, -0.05) is 6.07 Å². The summed E-state index contributed by atoms with van der Waals surface area (Å²) >= 11 is 0. The molecule has 0 saturated carbocycles. The largest absolute Gasteiger partial charge is 0.397 e. The van der Waals surface area contributed by atoms with Gasteiger partial charge in [-0.25, -0.2) is 10.3 Å². The van der Waals surface area contributed by atoms with E-state index in [9.17, 15) is 9.59 Å². The van der Waals surface area contributed by atoms with Crippen molar-refractivity contribution in [1.82, 2.24) is 10.4 Å². The summed E-state index contributed by atoms with van der Waals surface area (Å²) in [6.45, 7) is 3.36. The van der Waals surface area contributed by atoms with Crippen LogP contribution in [0, 0.1) is 12.8 Å². The van der Waals surface area contributed by atoms with Crippen LogP contribution >= 0.6 is 0 Å². The number of nitrogens with two attached hydrogens (primary N) is 1. The molecule has 7 nitrogen and oxygen atoms in total. The molecule has 0 spiro atoms. The van der Waals surface area contributed by atoms with Crippen LogP contribution in [-0.4, -0.2) is 35.1 Å². The predicted molar refractivity (Wildman–Crippen MR) is 92.7 cm³/mol. The van der Waals surface area contributed by atoms with Gasteiger partial charge in [0.15, 0.2) is 0 Å². The Bertz CT molecular complexity index is 583. The second-order valence-corrected chi connectivity index (χ2v) is 6.38. The van der Waals surface area contributed by atoms with Gasteiger partial charge in [-0.3, -0.25) is 10.0 Å². The van der Waals surface area contributed by atoms with E-state index >= 15 is 0 Å². The van der Waals surface area contributed by atoms with Gasteiger partial charge in [0, 0.05) is 19.5 Å². The van der Waals surface area contributed by atoms with Gasteiger partial charge < -0.3 is 16.0 Å². The number of anilines is 2. The van der Waals surface area contributed by atoms with Gasteiger partial charge in [0.25, 0.3) is 0 Å². The zero-order valence-corrected chi connectivity index (χ0v) is 14.0. The lowest BCUT2D eigenvalue weighted by molar-refractivity contribution is -0.129. The summed E-state index contributed by atoms with van der Waals surface area (Å²) in [4.78, 5) is 25.1. The summed E-state index contributed by atoms with van der Waals surface area (Å²) in [6, 6.07) is 5.45. The quantitative estimate of drug-likeness (QED) is 0.377. The van der Waals surface area contributed by atoms with Crippen LogP contribution in [0.5, 0.6) is 0 Å².